The van der Waals surface area contributed by atoms with Gasteiger partial charge in [-0.15, -0.1) is 0 Å². The molecule has 0 saturated carbocycles. The van der Waals surface area contributed by atoms with Crippen LogP contribution in [0.5, 0.6) is 0 Å². The van der Waals surface area contributed by atoms with Crippen molar-refractivity contribution in [3.8, 4) is 0 Å². The molecule has 2 aromatic carbocycles. The van der Waals surface area contributed by atoms with Crippen LogP contribution in [-0.4, -0.2) is 12.5 Å². The molecule has 1 heterocycles. The SMILES string of the molecule is O=C(Nc1ccc(Cl)cc1Cl)C1NCCc2ccccc21. The monoisotopic (exact) mass is 320 g/mol. The third-order valence-corrected chi connectivity index (χ3v) is 4.11. The largest absolute Gasteiger partial charge is 0.323 e. The van der Waals surface area contributed by atoms with Crippen molar-refractivity contribution in [3.63, 3.8) is 0 Å². The van der Waals surface area contributed by atoms with Crippen LogP contribution in [0.15, 0.2) is 42.5 Å². The van der Waals surface area contributed by atoms with Crippen molar-refractivity contribution in [1.82, 2.24) is 5.32 Å². The molecule has 0 aliphatic carbocycles. The van der Waals surface area contributed by atoms with Gasteiger partial charge >= 0.3 is 0 Å². The number of carbonyl (C=O) groups excluding carboxylic acids is 1. The summed E-state index contributed by atoms with van der Waals surface area (Å²) in [4.78, 5) is 12.5. The minimum Gasteiger partial charge on any atom is -0.323 e. The summed E-state index contributed by atoms with van der Waals surface area (Å²) in [6, 6.07) is 12.6. The van der Waals surface area contributed by atoms with Gasteiger partial charge in [-0.3, -0.25) is 4.79 Å². The second kappa shape index (κ2) is 6.06. The number of nitrogens with one attached hydrogen (secondary N) is 2. The summed E-state index contributed by atoms with van der Waals surface area (Å²) in [5.74, 6) is -0.119. The number of rotatable bonds is 2. The number of anilines is 1. The Hall–Kier alpha value is -1.55. The van der Waals surface area contributed by atoms with Crippen LogP contribution in [0.1, 0.15) is 17.2 Å². The van der Waals surface area contributed by atoms with Gasteiger partial charge in [-0.2, -0.15) is 0 Å². The molecule has 2 aromatic rings. The number of carbonyl (C=O) groups is 1. The highest BCUT2D eigenvalue weighted by atomic mass is 35.5. The van der Waals surface area contributed by atoms with Gasteiger partial charge in [0, 0.05) is 11.6 Å². The molecular formula is C16H14Cl2N2O. The van der Waals surface area contributed by atoms with Crippen molar-refractivity contribution in [3.05, 3.63) is 63.6 Å². The van der Waals surface area contributed by atoms with E-state index in [0.29, 0.717) is 15.7 Å². The summed E-state index contributed by atoms with van der Waals surface area (Å²) in [6.45, 7) is 0.781. The molecule has 1 aliphatic rings. The summed E-state index contributed by atoms with van der Waals surface area (Å²) >= 11 is 12.0. The van der Waals surface area contributed by atoms with Crippen LogP contribution >= 0.6 is 23.2 Å². The maximum Gasteiger partial charge on any atom is 0.246 e. The van der Waals surface area contributed by atoms with Crippen molar-refractivity contribution in [1.29, 1.82) is 0 Å². The van der Waals surface area contributed by atoms with Crippen molar-refractivity contribution in [2.45, 2.75) is 12.5 Å². The first-order chi connectivity index (χ1) is 10.1. The lowest BCUT2D eigenvalue weighted by Gasteiger charge is -2.26. The third-order valence-electron chi connectivity index (χ3n) is 3.56. The van der Waals surface area contributed by atoms with Crippen LogP contribution in [0, 0.1) is 0 Å². The molecule has 3 nitrogen and oxygen atoms in total. The molecule has 3 rings (SSSR count). The fourth-order valence-electron chi connectivity index (χ4n) is 2.53. The molecule has 108 valence electrons. The number of hydrogen-bond donors (Lipinski definition) is 2. The topological polar surface area (TPSA) is 41.1 Å². The lowest BCUT2D eigenvalue weighted by atomic mass is 9.94. The Morgan fingerprint density at radius 3 is 2.81 bits per heavy atom. The molecule has 21 heavy (non-hydrogen) atoms. The van der Waals surface area contributed by atoms with Gasteiger partial charge in [-0.1, -0.05) is 47.5 Å². The predicted molar refractivity (Wildman–Crippen MR) is 86.0 cm³/mol. The zero-order valence-corrected chi connectivity index (χ0v) is 12.7. The molecule has 0 fully saturated rings. The summed E-state index contributed by atoms with van der Waals surface area (Å²) in [7, 11) is 0. The normalized spacial score (nSPS) is 17.1. The van der Waals surface area contributed by atoms with Gasteiger partial charge < -0.3 is 10.6 Å². The van der Waals surface area contributed by atoms with E-state index in [1.54, 1.807) is 18.2 Å². The molecule has 2 N–H and O–H groups in total. The van der Waals surface area contributed by atoms with E-state index in [0.717, 1.165) is 18.5 Å². The van der Waals surface area contributed by atoms with Gasteiger partial charge in [0.15, 0.2) is 0 Å². The van der Waals surface area contributed by atoms with Gasteiger partial charge in [0.1, 0.15) is 6.04 Å². The van der Waals surface area contributed by atoms with E-state index in [1.165, 1.54) is 5.56 Å². The minimum atomic E-state index is -0.360. The van der Waals surface area contributed by atoms with Gasteiger partial charge in [0.25, 0.3) is 0 Å². The Kier molecular flexibility index (Phi) is 4.15. The standard InChI is InChI=1S/C16H14Cl2N2O/c17-11-5-6-14(13(18)9-11)20-16(21)15-12-4-2-1-3-10(12)7-8-19-15/h1-6,9,15,19H,7-8H2,(H,20,21). The van der Waals surface area contributed by atoms with Crippen LogP contribution in [0.2, 0.25) is 10.0 Å². The van der Waals surface area contributed by atoms with Crippen molar-refractivity contribution >= 4 is 34.8 Å². The molecule has 1 amide bonds. The summed E-state index contributed by atoms with van der Waals surface area (Å²) in [5, 5.41) is 7.07. The highest BCUT2D eigenvalue weighted by Crippen LogP contribution is 2.28. The van der Waals surface area contributed by atoms with Crippen molar-refractivity contribution < 1.29 is 4.79 Å². The number of fused-ring (bicyclic) bond motifs is 1. The second-order valence-corrected chi connectivity index (χ2v) is 5.79. The summed E-state index contributed by atoms with van der Waals surface area (Å²) in [5.41, 5.74) is 2.79. The second-order valence-electron chi connectivity index (χ2n) is 4.95. The van der Waals surface area contributed by atoms with E-state index in [2.05, 4.69) is 16.7 Å². The number of hydrogen-bond acceptors (Lipinski definition) is 2. The lowest BCUT2D eigenvalue weighted by Crippen LogP contribution is -2.38. The van der Waals surface area contributed by atoms with Crippen LogP contribution in [0.4, 0.5) is 5.69 Å². The average Bonchev–Trinajstić information content (AvgIpc) is 2.49. The number of amides is 1. The van der Waals surface area contributed by atoms with Crippen LogP contribution in [0.25, 0.3) is 0 Å². The molecule has 0 radical (unpaired) electrons. The zero-order valence-electron chi connectivity index (χ0n) is 11.2. The fraction of sp³-hybridized carbons (Fsp3) is 0.188. The molecule has 1 atom stereocenters. The van der Waals surface area contributed by atoms with Gasteiger partial charge in [-0.05, 0) is 35.7 Å². The first-order valence-electron chi connectivity index (χ1n) is 6.72. The molecule has 0 saturated heterocycles. The average molecular weight is 321 g/mol. The smallest absolute Gasteiger partial charge is 0.246 e. The lowest BCUT2D eigenvalue weighted by molar-refractivity contribution is -0.118. The van der Waals surface area contributed by atoms with E-state index in [9.17, 15) is 4.79 Å². The van der Waals surface area contributed by atoms with Crippen molar-refractivity contribution in [2.24, 2.45) is 0 Å². The Balaban J connectivity index is 1.83. The van der Waals surface area contributed by atoms with E-state index >= 15 is 0 Å². The Labute approximate surface area is 133 Å². The fourth-order valence-corrected chi connectivity index (χ4v) is 2.99. The van der Waals surface area contributed by atoms with Gasteiger partial charge in [0.05, 0.1) is 10.7 Å². The zero-order chi connectivity index (χ0) is 14.8. The number of benzene rings is 2. The maximum atomic E-state index is 12.5. The molecule has 1 aliphatic heterocycles. The first-order valence-corrected chi connectivity index (χ1v) is 7.48. The van der Waals surface area contributed by atoms with E-state index in [4.69, 9.17) is 23.2 Å². The molecule has 1 unspecified atom stereocenters. The van der Waals surface area contributed by atoms with Crippen LogP contribution < -0.4 is 10.6 Å². The predicted octanol–water partition coefficient (Wildman–Crippen LogP) is 3.82. The molecular weight excluding hydrogens is 307 g/mol. The van der Waals surface area contributed by atoms with Gasteiger partial charge in [0.2, 0.25) is 5.91 Å². The Morgan fingerprint density at radius 2 is 2.00 bits per heavy atom. The van der Waals surface area contributed by atoms with Crippen LogP contribution in [-0.2, 0) is 11.2 Å². The van der Waals surface area contributed by atoms with E-state index in [1.807, 2.05) is 18.2 Å². The highest BCUT2D eigenvalue weighted by molar-refractivity contribution is 6.36. The quantitative estimate of drug-likeness (QED) is 0.883. The van der Waals surface area contributed by atoms with E-state index < -0.39 is 0 Å². The molecule has 0 aromatic heterocycles. The minimum absolute atomic E-state index is 0.119. The maximum absolute atomic E-state index is 12.5. The van der Waals surface area contributed by atoms with Crippen molar-refractivity contribution in [2.75, 3.05) is 11.9 Å². The summed E-state index contributed by atoms with van der Waals surface area (Å²) in [6.07, 6.45) is 0.932. The molecule has 0 bridgehead atoms. The van der Waals surface area contributed by atoms with Gasteiger partial charge in [-0.25, -0.2) is 0 Å². The van der Waals surface area contributed by atoms with Crippen LogP contribution in [0.3, 0.4) is 0 Å². The Bertz CT molecular complexity index is 688. The first kappa shape index (κ1) is 14.4. The van der Waals surface area contributed by atoms with E-state index in [-0.39, 0.29) is 11.9 Å². The Morgan fingerprint density at radius 1 is 1.19 bits per heavy atom. The summed E-state index contributed by atoms with van der Waals surface area (Å²) < 4.78 is 0. The number of halogens is 2. The molecule has 0 spiro atoms. The molecule has 5 heteroatoms. The third kappa shape index (κ3) is 3.05. The highest BCUT2D eigenvalue weighted by Gasteiger charge is 2.26.